The van der Waals surface area contributed by atoms with Crippen molar-refractivity contribution in [2.75, 3.05) is 19.6 Å². The van der Waals surface area contributed by atoms with Gasteiger partial charge in [-0.2, -0.15) is 13.2 Å². The third-order valence-electron chi connectivity index (χ3n) is 3.35. The number of hydrogen-bond donors (Lipinski definition) is 1. The molecule has 2 heterocycles. The summed E-state index contributed by atoms with van der Waals surface area (Å²) in [5.41, 5.74) is 1.15. The van der Waals surface area contributed by atoms with Crippen LogP contribution in [0.1, 0.15) is 24.0 Å². The van der Waals surface area contributed by atoms with Crippen molar-refractivity contribution in [1.82, 2.24) is 20.2 Å². The van der Waals surface area contributed by atoms with Gasteiger partial charge in [-0.1, -0.05) is 0 Å². The van der Waals surface area contributed by atoms with Crippen LogP contribution in [0.25, 0.3) is 0 Å². The molecule has 0 bridgehead atoms. The molecule has 106 valence electrons. The van der Waals surface area contributed by atoms with E-state index < -0.39 is 12.0 Å². The second kappa shape index (κ2) is 5.42. The minimum Gasteiger partial charge on any atom is -0.314 e. The fraction of sp³-hybridized carbons (Fsp3) is 0.667. The fourth-order valence-electron chi connectivity index (χ4n) is 2.12. The molecule has 1 N–H and O–H groups in total. The Hall–Kier alpha value is -1.21. The number of rotatable bonds is 2. The molecule has 0 aliphatic carbocycles. The largest absolute Gasteiger partial charge is 0.451 e. The smallest absolute Gasteiger partial charge is 0.314 e. The highest BCUT2D eigenvalue weighted by molar-refractivity contribution is 5.17. The van der Waals surface area contributed by atoms with Crippen molar-refractivity contribution in [3.63, 3.8) is 0 Å². The van der Waals surface area contributed by atoms with Crippen molar-refractivity contribution < 1.29 is 13.2 Å². The van der Waals surface area contributed by atoms with E-state index in [1.54, 1.807) is 6.92 Å². The van der Waals surface area contributed by atoms with Gasteiger partial charge in [0, 0.05) is 49.7 Å². The minimum atomic E-state index is -4.48. The first kappa shape index (κ1) is 14.2. The molecule has 1 saturated heterocycles. The van der Waals surface area contributed by atoms with E-state index in [1.807, 2.05) is 0 Å². The summed E-state index contributed by atoms with van der Waals surface area (Å²) < 4.78 is 37.4. The lowest BCUT2D eigenvalue weighted by Gasteiger charge is -2.34. The number of piperazine rings is 1. The first-order chi connectivity index (χ1) is 8.88. The lowest BCUT2D eigenvalue weighted by atomic mass is 10.1. The number of hydrogen-bond acceptors (Lipinski definition) is 4. The van der Waals surface area contributed by atoms with Crippen LogP contribution in [0.15, 0.2) is 6.20 Å². The van der Waals surface area contributed by atoms with Gasteiger partial charge in [0.25, 0.3) is 0 Å². The third kappa shape index (κ3) is 3.42. The van der Waals surface area contributed by atoms with E-state index in [2.05, 4.69) is 27.1 Å². The summed E-state index contributed by atoms with van der Waals surface area (Å²) in [5, 5.41) is 3.27. The van der Waals surface area contributed by atoms with Crippen molar-refractivity contribution in [3.05, 3.63) is 23.3 Å². The van der Waals surface area contributed by atoms with Gasteiger partial charge in [-0.25, -0.2) is 9.97 Å². The number of aryl methyl sites for hydroxylation is 1. The molecule has 0 saturated carbocycles. The zero-order chi connectivity index (χ0) is 14.0. The van der Waals surface area contributed by atoms with Crippen LogP contribution >= 0.6 is 0 Å². The molecule has 19 heavy (non-hydrogen) atoms. The Morgan fingerprint density at radius 1 is 1.47 bits per heavy atom. The van der Waals surface area contributed by atoms with Gasteiger partial charge >= 0.3 is 6.18 Å². The molecule has 4 nitrogen and oxygen atoms in total. The van der Waals surface area contributed by atoms with Crippen molar-refractivity contribution >= 4 is 0 Å². The van der Waals surface area contributed by atoms with E-state index >= 15 is 0 Å². The van der Waals surface area contributed by atoms with Crippen LogP contribution in [-0.4, -0.2) is 40.5 Å². The first-order valence-electron chi connectivity index (χ1n) is 6.22. The SMILES string of the molecule is Cc1nc(C(F)(F)F)ncc1CN1CCNCC1C. The van der Waals surface area contributed by atoms with Gasteiger partial charge in [0.2, 0.25) is 5.82 Å². The summed E-state index contributed by atoms with van der Waals surface area (Å²) in [4.78, 5) is 9.20. The van der Waals surface area contributed by atoms with Crippen molar-refractivity contribution in [2.45, 2.75) is 32.6 Å². The predicted molar refractivity (Wildman–Crippen MR) is 64.5 cm³/mol. The number of nitrogens with one attached hydrogen (secondary N) is 1. The van der Waals surface area contributed by atoms with Crippen LogP contribution < -0.4 is 5.32 Å². The fourth-order valence-corrected chi connectivity index (χ4v) is 2.12. The Morgan fingerprint density at radius 2 is 2.21 bits per heavy atom. The van der Waals surface area contributed by atoms with Crippen LogP contribution in [0, 0.1) is 6.92 Å². The zero-order valence-corrected chi connectivity index (χ0v) is 11.0. The van der Waals surface area contributed by atoms with Gasteiger partial charge in [-0.05, 0) is 13.8 Å². The van der Waals surface area contributed by atoms with E-state index in [0.717, 1.165) is 25.2 Å². The van der Waals surface area contributed by atoms with Crippen molar-refractivity contribution in [1.29, 1.82) is 0 Å². The highest BCUT2D eigenvalue weighted by Crippen LogP contribution is 2.26. The molecular weight excluding hydrogens is 257 g/mol. The molecule has 1 atom stereocenters. The number of halogens is 3. The molecule has 2 rings (SSSR count). The summed E-state index contributed by atoms with van der Waals surface area (Å²) in [6, 6.07) is 0.357. The maximum Gasteiger partial charge on any atom is 0.451 e. The Bertz CT molecular complexity index is 447. The lowest BCUT2D eigenvalue weighted by molar-refractivity contribution is -0.145. The van der Waals surface area contributed by atoms with Gasteiger partial charge in [-0.3, -0.25) is 4.90 Å². The summed E-state index contributed by atoms with van der Waals surface area (Å²) in [7, 11) is 0. The summed E-state index contributed by atoms with van der Waals surface area (Å²) in [6.07, 6.45) is -3.19. The summed E-state index contributed by atoms with van der Waals surface area (Å²) in [6.45, 7) is 6.94. The molecule has 0 radical (unpaired) electrons. The van der Waals surface area contributed by atoms with Gasteiger partial charge in [0.1, 0.15) is 0 Å². The first-order valence-corrected chi connectivity index (χ1v) is 6.22. The highest BCUT2D eigenvalue weighted by atomic mass is 19.4. The molecule has 0 aromatic carbocycles. The molecule has 1 aromatic rings. The van der Waals surface area contributed by atoms with Crippen molar-refractivity contribution in [3.8, 4) is 0 Å². The number of alkyl halides is 3. The Kier molecular flexibility index (Phi) is 4.05. The summed E-state index contributed by atoms with van der Waals surface area (Å²) in [5.74, 6) is -1.07. The lowest BCUT2D eigenvalue weighted by Crippen LogP contribution is -2.49. The van der Waals surface area contributed by atoms with E-state index in [9.17, 15) is 13.2 Å². The normalized spacial score (nSPS) is 21.6. The van der Waals surface area contributed by atoms with E-state index in [1.165, 1.54) is 6.20 Å². The average Bonchev–Trinajstić information content (AvgIpc) is 2.33. The Labute approximate surface area is 110 Å². The quantitative estimate of drug-likeness (QED) is 0.889. The van der Waals surface area contributed by atoms with Crippen LogP contribution in [0.4, 0.5) is 13.2 Å². The third-order valence-corrected chi connectivity index (χ3v) is 3.35. The van der Waals surface area contributed by atoms with Crippen LogP contribution in [0.3, 0.4) is 0 Å². The van der Waals surface area contributed by atoms with E-state index in [0.29, 0.717) is 18.3 Å². The van der Waals surface area contributed by atoms with Gasteiger partial charge in [0.15, 0.2) is 0 Å². The molecule has 0 amide bonds. The molecule has 1 aromatic heterocycles. The maximum atomic E-state index is 12.5. The number of aromatic nitrogens is 2. The van der Waals surface area contributed by atoms with Crippen LogP contribution in [-0.2, 0) is 12.7 Å². The van der Waals surface area contributed by atoms with Gasteiger partial charge in [-0.15, -0.1) is 0 Å². The molecule has 7 heteroatoms. The Balaban J connectivity index is 2.13. The summed E-state index contributed by atoms with van der Waals surface area (Å²) >= 11 is 0. The highest BCUT2D eigenvalue weighted by Gasteiger charge is 2.35. The van der Waals surface area contributed by atoms with E-state index in [-0.39, 0.29) is 0 Å². The second-order valence-corrected chi connectivity index (χ2v) is 4.83. The van der Waals surface area contributed by atoms with Crippen LogP contribution in [0.2, 0.25) is 0 Å². The van der Waals surface area contributed by atoms with E-state index in [4.69, 9.17) is 0 Å². The Morgan fingerprint density at radius 3 is 2.79 bits per heavy atom. The molecule has 1 unspecified atom stereocenters. The second-order valence-electron chi connectivity index (χ2n) is 4.83. The van der Waals surface area contributed by atoms with Gasteiger partial charge in [0.05, 0.1) is 0 Å². The molecule has 1 aliphatic rings. The van der Waals surface area contributed by atoms with Crippen LogP contribution in [0.5, 0.6) is 0 Å². The number of nitrogens with zero attached hydrogens (tertiary/aromatic N) is 3. The zero-order valence-electron chi connectivity index (χ0n) is 11.0. The topological polar surface area (TPSA) is 41.1 Å². The van der Waals surface area contributed by atoms with Crippen molar-refractivity contribution in [2.24, 2.45) is 0 Å². The minimum absolute atomic E-state index is 0.357. The molecular formula is C12H17F3N4. The van der Waals surface area contributed by atoms with Gasteiger partial charge < -0.3 is 5.32 Å². The maximum absolute atomic E-state index is 12.5. The molecule has 0 spiro atoms. The average molecular weight is 274 g/mol. The predicted octanol–water partition coefficient (Wildman–Crippen LogP) is 1.60. The molecule has 1 aliphatic heterocycles. The molecule has 1 fully saturated rings. The standard InChI is InChI=1S/C12H17F3N4/c1-8-5-16-3-4-19(8)7-10-6-17-11(12(13,14)15)18-9(10)2/h6,8,16H,3-5,7H2,1-2H3. The monoisotopic (exact) mass is 274 g/mol.